The number of piperidine rings is 1. The zero-order valence-corrected chi connectivity index (χ0v) is 14.6. The first-order valence-corrected chi connectivity index (χ1v) is 8.49. The molecule has 0 bridgehead atoms. The van der Waals surface area contributed by atoms with E-state index in [-0.39, 0.29) is 29.4 Å². The molecule has 0 aliphatic carbocycles. The lowest BCUT2D eigenvalue weighted by Gasteiger charge is -2.30. The SMILES string of the molecule is CN1CCCCC1C(=O)Oc1cc(N=Nc2ccccc2)c(N)nc1N. The Balaban J connectivity index is 1.79. The van der Waals surface area contributed by atoms with Crippen molar-refractivity contribution >= 4 is 29.0 Å². The molecule has 1 aliphatic rings. The number of hydrogen-bond donors (Lipinski definition) is 2. The third-order valence-electron chi connectivity index (χ3n) is 4.31. The molecule has 1 aromatic carbocycles. The Morgan fingerprint density at radius 1 is 1.19 bits per heavy atom. The van der Waals surface area contributed by atoms with Gasteiger partial charge in [0.1, 0.15) is 11.7 Å². The summed E-state index contributed by atoms with van der Waals surface area (Å²) in [5.41, 5.74) is 12.7. The second-order valence-corrected chi connectivity index (χ2v) is 6.22. The summed E-state index contributed by atoms with van der Waals surface area (Å²) in [5, 5.41) is 8.20. The normalized spacial score (nSPS) is 18.1. The number of azo groups is 1. The number of anilines is 2. The first-order valence-electron chi connectivity index (χ1n) is 8.49. The molecule has 2 aromatic rings. The van der Waals surface area contributed by atoms with Crippen molar-refractivity contribution in [3.8, 4) is 5.75 Å². The van der Waals surface area contributed by atoms with Crippen molar-refractivity contribution in [2.24, 2.45) is 10.2 Å². The Hall–Kier alpha value is -3.00. The number of ether oxygens (including phenoxy) is 1. The largest absolute Gasteiger partial charge is 0.421 e. The number of esters is 1. The number of nitrogen functional groups attached to an aromatic ring is 2. The predicted octanol–water partition coefficient (Wildman–Crippen LogP) is 3.05. The van der Waals surface area contributed by atoms with Gasteiger partial charge >= 0.3 is 5.97 Å². The van der Waals surface area contributed by atoms with Crippen LogP contribution in [0.4, 0.5) is 23.0 Å². The minimum absolute atomic E-state index is 0.0490. The highest BCUT2D eigenvalue weighted by atomic mass is 16.5. The lowest BCUT2D eigenvalue weighted by atomic mass is 10.0. The summed E-state index contributed by atoms with van der Waals surface area (Å²) in [6, 6.07) is 10.4. The lowest BCUT2D eigenvalue weighted by Crippen LogP contribution is -2.44. The summed E-state index contributed by atoms with van der Waals surface area (Å²) in [5.74, 6) is -0.0358. The molecule has 0 spiro atoms. The molecule has 0 amide bonds. The molecule has 2 heterocycles. The maximum atomic E-state index is 12.5. The van der Waals surface area contributed by atoms with Crippen molar-refractivity contribution in [3.63, 3.8) is 0 Å². The maximum Gasteiger partial charge on any atom is 0.328 e. The zero-order chi connectivity index (χ0) is 18.5. The van der Waals surface area contributed by atoms with Crippen LogP contribution in [0.5, 0.6) is 5.75 Å². The Morgan fingerprint density at radius 3 is 2.69 bits per heavy atom. The molecule has 3 rings (SSSR count). The fourth-order valence-electron chi connectivity index (χ4n) is 2.83. The first kappa shape index (κ1) is 17.8. The van der Waals surface area contributed by atoms with Gasteiger partial charge in [0.15, 0.2) is 17.4 Å². The molecule has 1 saturated heterocycles. The van der Waals surface area contributed by atoms with E-state index in [1.54, 1.807) is 0 Å². The molecule has 1 aliphatic heterocycles. The number of carbonyl (C=O) groups is 1. The van der Waals surface area contributed by atoms with Gasteiger partial charge in [0.25, 0.3) is 0 Å². The standard InChI is InChI=1S/C18H22N6O2/c1-24-10-6-5-9-14(24)18(25)26-15-11-13(16(19)21-17(15)20)23-22-12-7-3-2-4-8-12/h2-4,7-8,11,14H,5-6,9-10H2,1H3,(H4,19,20,21). The molecule has 1 atom stereocenters. The molecule has 8 heteroatoms. The minimum atomic E-state index is -0.351. The van der Waals surface area contributed by atoms with Gasteiger partial charge in [-0.3, -0.25) is 4.90 Å². The smallest absolute Gasteiger partial charge is 0.328 e. The molecule has 136 valence electrons. The van der Waals surface area contributed by atoms with Gasteiger partial charge in [0.05, 0.1) is 5.69 Å². The van der Waals surface area contributed by atoms with Crippen LogP contribution >= 0.6 is 0 Å². The quantitative estimate of drug-likeness (QED) is 0.643. The second kappa shape index (κ2) is 7.92. The van der Waals surface area contributed by atoms with Crippen molar-refractivity contribution in [2.75, 3.05) is 25.1 Å². The molecule has 26 heavy (non-hydrogen) atoms. The molecule has 0 radical (unpaired) electrons. The number of nitrogens with two attached hydrogens (primary N) is 2. The van der Waals surface area contributed by atoms with Gasteiger partial charge in [-0.1, -0.05) is 24.6 Å². The Labute approximate surface area is 151 Å². The number of aromatic nitrogens is 1. The molecular formula is C18H22N6O2. The fraction of sp³-hybridized carbons (Fsp3) is 0.333. The van der Waals surface area contributed by atoms with Crippen LogP contribution in [-0.2, 0) is 4.79 Å². The number of likely N-dealkylation sites (tertiary alicyclic amines) is 1. The van der Waals surface area contributed by atoms with E-state index in [9.17, 15) is 4.79 Å². The van der Waals surface area contributed by atoms with E-state index >= 15 is 0 Å². The molecule has 8 nitrogen and oxygen atoms in total. The third-order valence-corrected chi connectivity index (χ3v) is 4.31. The van der Waals surface area contributed by atoms with E-state index in [1.165, 1.54) is 6.07 Å². The van der Waals surface area contributed by atoms with Gasteiger partial charge in [0, 0.05) is 6.07 Å². The fourth-order valence-corrected chi connectivity index (χ4v) is 2.83. The van der Waals surface area contributed by atoms with Gasteiger partial charge in [0.2, 0.25) is 0 Å². The van der Waals surface area contributed by atoms with Crippen molar-refractivity contribution < 1.29 is 9.53 Å². The molecule has 1 fully saturated rings. The van der Waals surface area contributed by atoms with Crippen LogP contribution < -0.4 is 16.2 Å². The average molecular weight is 354 g/mol. The van der Waals surface area contributed by atoms with Gasteiger partial charge in [-0.2, -0.15) is 5.11 Å². The van der Waals surface area contributed by atoms with Crippen LogP contribution in [-0.4, -0.2) is 35.5 Å². The number of carbonyl (C=O) groups excluding carboxylic acids is 1. The number of likely N-dealkylation sites (N-methyl/N-ethyl adjacent to an activating group) is 1. The number of hydrogen-bond acceptors (Lipinski definition) is 8. The highest BCUT2D eigenvalue weighted by molar-refractivity contribution is 5.80. The summed E-state index contributed by atoms with van der Waals surface area (Å²) in [6.07, 6.45) is 2.84. The van der Waals surface area contributed by atoms with E-state index in [1.807, 2.05) is 42.3 Å². The molecule has 4 N–H and O–H groups in total. The summed E-state index contributed by atoms with van der Waals surface area (Å²) < 4.78 is 5.48. The molecular weight excluding hydrogens is 332 g/mol. The van der Waals surface area contributed by atoms with Crippen LogP contribution in [0.25, 0.3) is 0 Å². The Bertz CT molecular complexity index is 809. The summed E-state index contributed by atoms with van der Waals surface area (Å²) >= 11 is 0. The second-order valence-electron chi connectivity index (χ2n) is 6.22. The van der Waals surface area contributed by atoms with Crippen LogP contribution in [0, 0.1) is 0 Å². The summed E-state index contributed by atoms with van der Waals surface area (Å²) in [6.45, 7) is 0.867. The predicted molar refractivity (Wildman–Crippen MR) is 99.6 cm³/mol. The Morgan fingerprint density at radius 2 is 1.96 bits per heavy atom. The van der Waals surface area contributed by atoms with Gasteiger partial charge in [-0.15, -0.1) is 5.11 Å². The number of nitrogens with zero attached hydrogens (tertiary/aromatic N) is 4. The van der Waals surface area contributed by atoms with Gasteiger partial charge < -0.3 is 16.2 Å². The topological polar surface area (TPSA) is 119 Å². The molecule has 1 unspecified atom stereocenters. The van der Waals surface area contributed by atoms with Gasteiger partial charge in [-0.25, -0.2) is 9.78 Å². The molecule has 1 aromatic heterocycles. The number of benzene rings is 1. The highest BCUT2D eigenvalue weighted by Crippen LogP contribution is 2.32. The average Bonchev–Trinajstić information content (AvgIpc) is 2.64. The van der Waals surface area contributed by atoms with Crippen molar-refractivity contribution in [2.45, 2.75) is 25.3 Å². The minimum Gasteiger partial charge on any atom is -0.421 e. The van der Waals surface area contributed by atoms with Crippen LogP contribution in [0.1, 0.15) is 19.3 Å². The van der Waals surface area contributed by atoms with Gasteiger partial charge in [-0.05, 0) is 38.6 Å². The summed E-state index contributed by atoms with van der Waals surface area (Å²) in [4.78, 5) is 18.5. The van der Waals surface area contributed by atoms with E-state index in [0.29, 0.717) is 11.4 Å². The van der Waals surface area contributed by atoms with E-state index in [4.69, 9.17) is 16.2 Å². The zero-order valence-electron chi connectivity index (χ0n) is 14.6. The van der Waals surface area contributed by atoms with Crippen LogP contribution in [0.15, 0.2) is 46.6 Å². The van der Waals surface area contributed by atoms with Crippen LogP contribution in [0.2, 0.25) is 0 Å². The van der Waals surface area contributed by atoms with Crippen molar-refractivity contribution in [1.82, 2.24) is 9.88 Å². The maximum absolute atomic E-state index is 12.5. The Kier molecular flexibility index (Phi) is 5.43. The van der Waals surface area contributed by atoms with Crippen molar-refractivity contribution in [1.29, 1.82) is 0 Å². The van der Waals surface area contributed by atoms with E-state index in [2.05, 4.69) is 15.2 Å². The van der Waals surface area contributed by atoms with Crippen LogP contribution in [0.3, 0.4) is 0 Å². The monoisotopic (exact) mass is 354 g/mol. The van der Waals surface area contributed by atoms with E-state index in [0.717, 1.165) is 25.8 Å². The number of rotatable bonds is 4. The molecule has 0 saturated carbocycles. The third kappa shape index (κ3) is 4.15. The lowest BCUT2D eigenvalue weighted by molar-refractivity contribution is -0.141. The van der Waals surface area contributed by atoms with Crippen molar-refractivity contribution in [3.05, 3.63) is 36.4 Å². The summed E-state index contributed by atoms with van der Waals surface area (Å²) in [7, 11) is 1.91. The number of pyridine rings is 1. The highest BCUT2D eigenvalue weighted by Gasteiger charge is 2.28. The van der Waals surface area contributed by atoms with E-state index < -0.39 is 0 Å². The first-order chi connectivity index (χ1) is 12.5.